The zero-order chi connectivity index (χ0) is 9.42. The fraction of sp³-hybridized carbons (Fsp3) is 0.111. The Labute approximate surface area is 88.4 Å². The number of rotatable bonds is 1. The molecule has 1 aromatic heterocycles. The second-order valence-corrected chi connectivity index (χ2v) is 4.44. The zero-order valence-corrected chi connectivity index (χ0v) is 9.41. The minimum absolute atomic E-state index is 0.814. The van der Waals surface area contributed by atoms with Gasteiger partial charge in [0, 0.05) is 19.9 Å². The molecule has 0 aliphatic heterocycles. The van der Waals surface area contributed by atoms with E-state index in [1.54, 1.807) is 18.4 Å². The average Bonchev–Trinajstić information content (AvgIpc) is 2.48. The van der Waals surface area contributed by atoms with Crippen molar-refractivity contribution in [2.24, 2.45) is 0 Å². The normalized spacial score (nSPS) is 10.6. The maximum atomic E-state index is 5.81. The maximum absolute atomic E-state index is 5.81. The molecule has 0 saturated heterocycles. The predicted octanol–water partition coefficient (Wildman–Crippen LogP) is 3.25. The molecule has 2 rings (SSSR count). The molecule has 2 N–H and O–H groups in total. The first kappa shape index (κ1) is 8.84. The molecule has 2 nitrogen and oxygen atoms in total. The number of thiophene rings is 1. The Morgan fingerprint density at radius 3 is 2.92 bits per heavy atom. The van der Waals surface area contributed by atoms with Crippen LogP contribution in [0.25, 0.3) is 10.1 Å². The van der Waals surface area contributed by atoms with E-state index in [1.165, 1.54) is 0 Å². The highest BCUT2D eigenvalue weighted by atomic mass is 79.9. The number of fused-ring (bicyclic) bond motifs is 1. The molecule has 0 spiro atoms. The second kappa shape index (κ2) is 3.20. The topological polar surface area (TPSA) is 35.2 Å². The van der Waals surface area contributed by atoms with Crippen molar-refractivity contribution in [2.75, 3.05) is 12.8 Å². The third-order valence-corrected chi connectivity index (χ3v) is 3.44. The van der Waals surface area contributed by atoms with E-state index in [0.717, 1.165) is 26.0 Å². The van der Waals surface area contributed by atoms with Crippen LogP contribution in [0.5, 0.6) is 5.75 Å². The van der Waals surface area contributed by atoms with Gasteiger partial charge in [0.05, 0.1) is 12.8 Å². The SMILES string of the molecule is COc1cc(Br)c2c(N)csc2c1. The molecule has 0 bridgehead atoms. The molecule has 0 aliphatic rings. The van der Waals surface area contributed by atoms with Crippen LogP contribution < -0.4 is 10.5 Å². The molecule has 0 aliphatic carbocycles. The lowest BCUT2D eigenvalue weighted by Gasteiger charge is -2.01. The Morgan fingerprint density at radius 1 is 1.46 bits per heavy atom. The first-order valence-electron chi connectivity index (χ1n) is 3.72. The van der Waals surface area contributed by atoms with Gasteiger partial charge in [0.2, 0.25) is 0 Å². The van der Waals surface area contributed by atoms with Gasteiger partial charge in [0.15, 0.2) is 0 Å². The van der Waals surface area contributed by atoms with Crippen LogP contribution >= 0.6 is 27.3 Å². The highest BCUT2D eigenvalue weighted by molar-refractivity contribution is 9.10. The number of ether oxygens (including phenoxy) is 1. The Hall–Kier alpha value is -0.740. The van der Waals surface area contributed by atoms with Crippen molar-refractivity contribution in [3.63, 3.8) is 0 Å². The first-order chi connectivity index (χ1) is 6.22. The van der Waals surface area contributed by atoms with Gasteiger partial charge in [-0.05, 0) is 28.1 Å². The summed E-state index contributed by atoms with van der Waals surface area (Å²) in [6.45, 7) is 0. The van der Waals surface area contributed by atoms with E-state index < -0.39 is 0 Å². The highest BCUT2D eigenvalue weighted by Gasteiger charge is 2.06. The van der Waals surface area contributed by atoms with Gasteiger partial charge in [-0.1, -0.05) is 0 Å². The number of hydrogen-bond donors (Lipinski definition) is 1. The lowest BCUT2D eigenvalue weighted by molar-refractivity contribution is 0.415. The van der Waals surface area contributed by atoms with Gasteiger partial charge < -0.3 is 10.5 Å². The number of halogens is 1. The monoisotopic (exact) mass is 257 g/mol. The zero-order valence-electron chi connectivity index (χ0n) is 7.00. The van der Waals surface area contributed by atoms with E-state index in [9.17, 15) is 0 Å². The summed E-state index contributed by atoms with van der Waals surface area (Å²) >= 11 is 5.09. The number of benzene rings is 1. The fourth-order valence-electron chi connectivity index (χ4n) is 1.23. The Morgan fingerprint density at radius 2 is 2.23 bits per heavy atom. The van der Waals surface area contributed by atoms with Crippen LogP contribution in [0.4, 0.5) is 5.69 Å². The summed E-state index contributed by atoms with van der Waals surface area (Å²) in [6.07, 6.45) is 0. The van der Waals surface area contributed by atoms with Crippen LogP contribution in [0, 0.1) is 0 Å². The van der Waals surface area contributed by atoms with Gasteiger partial charge in [0.25, 0.3) is 0 Å². The van der Waals surface area contributed by atoms with Crippen LogP contribution in [0.15, 0.2) is 22.0 Å². The summed E-state index contributed by atoms with van der Waals surface area (Å²) in [4.78, 5) is 0. The van der Waals surface area contributed by atoms with Gasteiger partial charge >= 0.3 is 0 Å². The Bertz CT molecular complexity index is 452. The van der Waals surface area contributed by atoms with Gasteiger partial charge in [-0.2, -0.15) is 0 Å². The van der Waals surface area contributed by atoms with E-state index in [0.29, 0.717) is 0 Å². The minimum atomic E-state index is 0.814. The average molecular weight is 258 g/mol. The van der Waals surface area contributed by atoms with Crippen molar-refractivity contribution in [3.05, 3.63) is 22.0 Å². The largest absolute Gasteiger partial charge is 0.497 e. The third-order valence-electron chi connectivity index (χ3n) is 1.86. The standard InChI is InChI=1S/C9H8BrNOS/c1-12-5-2-6(10)9-7(11)4-13-8(9)3-5/h2-4H,11H2,1H3. The summed E-state index contributed by atoms with van der Waals surface area (Å²) in [5.41, 5.74) is 6.62. The lowest BCUT2D eigenvalue weighted by atomic mass is 10.2. The van der Waals surface area contributed by atoms with Gasteiger partial charge in [-0.3, -0.25) is 0 Å². The Kier molecular flexibility index (Phi) is 2.17. The number of nitrogens with two attached hydrogens (primary N) is 1. The third kappa shape index (κ3) is 1.40. The van der Waals surface area contributed by atoms with Crippen molar-refractivity contribution < 1.29 is 4.74 Å². The van der Waals surface area contributed by atoms with Crippen molar-refractivity contribution in [1.29, 1.82) is 0 Å². The molecular formula is C9H8BrNOS. The molecule has 68 valence electrons. The van der Waals surface area contributed by atoms with E-state index in [4.69, 9.17) is 10.5 Å². The smallest absolute Gasteiger partial charge is 0.121 e. The van der Waals surface area contributed by atoms with Crippen molar-refractivity contribution in [1.82, 2.24) is 0 Å². The second-order valence-electron chi connectivity index (χ2n) is 2.67. The summed E-state index contributed by atoms with van der Waals surface area (Å²) in [5.74, 6) is 0.848. The van der Waals surface area contributed by atoms with Gasteiger partial charge in [0.1, 0.15) is 5.75 Å². The summed E-state index contributed by atoms with van der Waals surface area (Å²) in [7, 11) is 1.66. The molecule has 1 heterocycles. The van der Waals surface area contributed by atoms with Gasteiger partial charge in [-0.25, -0.2) is 0 Å². The summed E-state index contributed by atoms with van der Waals surface area (Å²) in [6, 6.07) is 3.91. The highest BCUT2D eigenvalue weighted by Crippen LogP contribution is 2.37. The van der Waals surface area contributed by atoms with Crippen LogP contribution in [-0.4, -0.2) is 7.11 Å². The van der Waals surface area contributed by atoms with E-state index in [-0.39, 0.29) is 0 Å². The quantitative estimate of drug-likeness (QED) is 0.852. The molecule has 0 unspecified atom stereocenters. The van der Waals surface area contributed by atoms with Crippen molar-refractivity contribution in [3.8, 4) is 5.75 Å². The van der Waals surface area contributed by atoms with Gasteiger partial charge in [-0.15, -0.1) is 11.3 Å². The minimum Gasteiger partial charge on any atom is -0.497 e. The summed E-state index contributed by atoms with van der Waals surface area (Å²) in [5, 5.41) is 3.01. The number of nitrogen functional groups attached to an aromatic ring is 1. The molecule has 13 heavy (non-hydrogen) atoms. The molecule has 0 atom stereocenters. The molecule has 0 amide bonds. The van der Waals surface area contributed by atoms with Crippen molar-refractivity contribution >= 4 is 43.0 Å². The Balaban J connectivity index is 2.79. The molecule has 2 aromatic rings. The van der Waals surface area contributed by atoms with Crippen LogP contribution in [0.1, 0.15) is 0 Å². The number of hydrogen-bond acceptors (Lipinski definition) is 3. The maximum Gasteiger partial charge on any atom is 0.121 e. The predicted molar refractivity (Wildman–Crippen MR) is 60.5 cm³/mol. The molecule has 0 saturated carbocycles. The number of methoxy groups -OCH3 is 1. The van der Waals surface area contributed by atoms with E-state index >= 15 is 0 Å². The van der Waals surface area contributed by atoms with Crippen LogP contribution in [0.2, 0.25) is 0 Å². The lowest BCUT2D eigenvalue weighted by Crippen LogP contribution is -1.84. The van der Waals surface area contributed by atoms with Crippen LogP contribution in [-0.2, 0) is 0 Å². The van der Waals surface area contributed by atoms with Crippen LogP contribution in [0.3, 0.4) is 0 Å². The molecule has 1 aromatic carbocycles. The van der Waals surface area contributed by atoms with E-state index in [2.05, 4.69) is 15.9 Å². The fourth-order valence-corrected chi connectivity index (χ4v) is 2.94. The molecule has 0 fully saturated rings. The molecule has 4 heteroatoms. The molecular weight excluding hydrogens is 250 g/mol. The first-order valence-corrected chi connectivity index (χ1v) is 5.40. The number of anilines is 1. The summed E-state index contributed by atoms with van der Waals surface area (Å²) < 4.78 is 7.28. The molecule has 0 radical (unpaired) electrons. The van der Waals surface area contributed by atoms with E-state index in [1.807, 2.05) is 17.5 Å². The van der Waals surface area contributed by atoms with Crippen molar-refractivity contribution in [2.45, 2.75) is 0 Å².